The second-order valence-electron chi connectivity index (χ2n) is 5.42. The Bertz CT molecular complexity index is 657. The third-order valence-corrected chi connectivity index (χ3v) is 4.17. The fourth-order valence-electron chi connectivity index (χ4n) is 3.16. The molecular formula is C15H16N2O5. The van der Waals surface area contributed by atoms with Gasteiger partial charge in [-0.3, -0.25) is 9.69 Å². The van der Waals surface area contributed by atoms with Crippen molar-refractivity contribution in [3.8, 4) is 0 Å². The zero-order chi connectivity index (χ0) is 15.9. The van der Waals surface area contributed by atoms with Crippen LogP contribution in [0.3, 0.4) is 0 Å². The van der Waals surface area contributed by atoms with Crippen LogP contribution in [0.25, 0.3) is 0 Å². The number of nitrogens with zero attached hydrogens (tertiary/aromatic N) is 1. The lowest BCUT2D eigenvalue weighted by Gasteiger charge is -2.25. The molecule has 0 bridgehead atoms. The van der Waals surface area contributed by atoms with Crippen molar-refractivity contribution in [3.63, 3.8) is 0 Å². The predicted octanol–water partition coefficient (Wildman–Crippen LogP) is 0.700. The molecule has 1 aromatic carbocycles. The molecule has 2 amide bonds. The Kier molecular flexibility index (Phi) is 3.48. The van der Waals surface area contributed by atoms with E-state index in [2.05, 4.69) is 10.1 Å². The molecule has 116 valence electrons. The Hall–Kier alpha value is -2.57. The number of amides is 2. The highest BCUT2D eigenvalue weighted by atomic mass is 16.5. The molecule has 7 nitrogen and oxygen atoms in total. The van der Waals surface area contributed by atoms with Crippen molar-refractivity contribution in [2.24, 2.45) is 0 Å². The number of carbonyl (C=O) groups is 3. The van der Waals surface area contributed by atoms with Crippen molar-refractivity contribution in [2.75, 3.05) is 12.0 Å². The van der Waals surface area contributed by atoms with Gasteiger partial charge in [0.05, 0.1) is 12.8 Å². The van der Waals surface area contributed by atoms with E-state index >= 15 is 0 Å². The van der Waals surface area contributed by atoms with Crippen molar-refractivity contribution in [1.82, 2.24) is 5.32 Å². The summed E-state index contributed by atoms with van der Waals surface area (Å²) in [5, 5.41) is 11.9. The molecule has 0 fully saturated rings. The molecule has 2 aliphatic heterocycles. The summed E-state index contributed by atoms with van der Waals surface area (Å²) in [6.07, 6.45) is 0.588. The minimum atomic E-state index is -1.05. The van der Waals surface area contributed by atoms with Crippen LogP contribution < -0.4 is 10.2 Å². The molecule has 2 N–H and O–H groups in total. The summed E-state index contributed by atoms with van der Waals surface area (Å²) in [6, 6.07) is 3.89. The molecular weight excluding hydrogens is 288 g/mol. The lowest BCUT2D eigenvalue weighted by molar-refractivity contribution is -0.140. The Morgan fingerprint density at radius 1 is 1.36 bits per heavy atom. The van der Waals surface area contributed by atoms with Crippen molar-refractivity contribution in [2.45, 2.75) is 31.3 Å². The third-order valence-electron chi connectivity index (χ3n) is 4.17. The van der Waals surface area contributed by atoms with Crippen molar-refractivity contribution in [3.05, 3.63) is 29.3 Å². The second-order valence-corrected chi connectivity index (χ2v) is 5.42. The minimum absolute atomic E-state index is 0.287. The maximum Gasteiger partial charge on any atom is 0.407 e. The molecule has 1 aromatic rings. The lowest BCUT2D eigenvalue weighted by atomic mass is 10.0. The fourth-order valence-corrected chi connectivity index (χ4v) is 3.16. The molecule has 2 heterocycles. The second kappa shape index (κ2) is 5.32. The van der Waals surface area contributed by atoms with Crippen LogP contribution in [-0.2, 0) is 27.2 Å². The van der Waals surface area contributed by atoms with Crippen molar-refractivity contribution < 1.29 is 24.2 Å². The smallest absolute Gasteiger partial charge is 0.407 e. The highest BCUT2D eigenvalue weighted by Crippen LogP contribution is 2.38. The number of carboxylic acids is 1. The number of carbonyl (C=O) groups excluding carboxylic acids is 2. The van der Waals surface area contributed by atoms with Crippen LogP contribution >= 0.6 is 0 Å². The normalized spacial score (nSPS) is 22.8. The van der Waals surface area contributed by atoms with E-state index in [9.17, 15) is 19.5 Å². The number of carboxylic acid groups (broad SMARTS) is 1. The van der Waals surface area contributed by atoms with E-state index in [1.54, 1.807) is 0 Å². The molecule has 0 saturated heterocycles. The topological polar surface area (TPSA) is 95.9 Å². The maximum atomic E-state index is 12.7. The van der Waals surface area contributed by atoms with Gasteiger partial charge < -0.3 is 15.2 Å². The van der Waals surface area contributed by atoms with Gasteiger partial charge in [0, 0.05) is 6.42 Å². The molecule has 0 aliphatic carbocycles. The SMILES string of the molecule is COC(=O)NC1CCc2cccc3c2N(C1=O)C(C(=O)O)C3. The number of methoxy groups -OCH3 is 1. The standard InChI is InChI=1S/C15H16N2O5/c1-22-15(21)16-10-6-5-8-3-2-4-9-7-11(14(19)20)17(12(8)9)13(10)18/h2-4,10-11H,5-7H2,1H3,(H,16,21)(H,19,20). The van der Waals surface area contributed by atoms with Gasteiger partial charge in [-0.05, 0) is 24.0 Å². The summed E-state index contributed by atoms with van der Waals surface area (Å²) in [4.78, 5) is 37.0. The number of hydrogen-bond donors (Lipinski definition) is 2. The summed E-state index contributed by atoms with van der Waals surface area (Å²) < 4.78 is 4.54. The van der Waals surface area contributed by atoms with Gasteiger partial charge in [-0.2, -0.15) is 0 Å². The molecule has 0 saturated carbocycles. The van der Waals surface area contributed by atoms with Crippen LogP contribution in [0.15, 0.2) is 18.2 Å². The first-order valence-electron chi connectivity index (χ1n) is 7.04. The number of anilines is 1. The first kappa shape index (κ1) is 14.4. The van der Waals surface area contributed by atoms with Crippen LogP contribution in [-0.4, -0.2) is 42.3 Å². The Morgan fingerprint density at radius 2 is 2.09 bits per heavy atom. The minimum Gasteiger partial charge on any atom is -0.480 e. The number of rotatable bonds is 2. The molecule has 2 unspecified atom stereocenters. The lowest BCUT2D eigenvalue weighted by Crippen LogP contribution is -2.52. The van der Waals surface area contributed by atoms with E-state index in [0.29, 0.717) is 18.5 Å². The monoisotopic (exact) mass is 304 g/mol. The average Bonchev–Trinajstić information content (AvgIpc) is 2.84. The summed E-state index contributed by atoms with van der Waals surface area (Å²) in [6.45, 7) is 0. The van der Waals surface area contributed by atoms with Gasteiger partial charge in [0.2, 0.25) is 0 Å². The number of aliphatic carboxylic acids is 1. The number of ether oxygens (including phenoxy) is 1. The molecule has 0 radical (unpaired) electrons. The van der Waals surface area contributed by atoms with E-state index in [0.717, 1.165) is 11.1 Å². The zero-order valence-electron chi connectivity index (χ0n) is 12.0. The van der Waals surface area contributed by atoms with E-state index in [1.807, 2.05) is 18.2 Å². The molecule has 0 aromatic heterocycles. The largest absolute Gasteiger partial charge is 0.480 e. The van der Waals surface area contributed by atoms with Crippen LogP contribution in [0.4, 0.5) is 10.5 Å². The molecule has 2 atom stereocenters. The number of hydrogen-bond acceptors (Lipinski definition) is 4. The third kappa shape index (κ3) is 2.18. The van der Waals surface area contributed by atoms with Gasteiger partial charge >= 0.3 is 12.1 Å². The first-order chi connectivity index (χ1) is 10.5. The van der Waals surface area contributed by atoms with E-state index in [-0.39, 0.29) is 6.42 Å². The summed E-state index contributed by atoms with van der Waals surface area (Å²) in [7, 11) is 1.22. The molecule has 7 heteroatoms. The maximum absolute atomic E-state index is 12.7. The predicted molar refractivity (Wildman–Crippen MR) is 76.7 cm³/mol. The van der Waals surface area contributed by atoms with Crippen LogP contribution in [0.5, 0.6) is 0 Å². The summed E-state index contributed by atoms with van der Waals surface area (Å²) in [5.74, 6) is -1.45. The van der Waals surface area contributed by atoms with E-state index in [4.69, 9.17) is 0 Å². The van der Waals surface area contributed by atoms with Gasteiger partial charge in [-0.1, -0.05) is 18.2 Å². The van der Waals surface area contributed by atoms with Crippen LogP contribution in [0.1, 0.15) is 17.5 Å². The van der Waals surface area contributed by atoms with Gasteiger partial charge in [0.25, 0.3) is 5.91 Å². The average molecular weight is 304 g/mol. The first-order valence-corrected chi connectivity index (χ1v) is 7.04. The zero-order valence-corrected chi connectivity index (χ0v) is 12.0. The summed E-state index contributed by atoms with van der Waals surface area (Å²) >= 11 is 0. The van der Waals surface area contributed by atoms with Crippen LogP contribution in [0, 0.1) is 0 Å². The number of alkyl carbamates (subject to hydrolysis) is 1. The fraction of sp³-hybridized carbons (Fsp3) is 0.400. The number of para-hydroxylation sites is 1. The van der Waals surface area contributed by atoms with Crippen molar-refractivity contribution >= 4 is 23.7 Å². The van der Waals surface area contributed by atoms with E-state index in [1.165, 1.54) is 12.0 Å². The molecule has 22 heavy (non-hydrogen) atoms. The Labute approximate surface area is 126 Å². The van der Waals surface area contributed by atoms with Gasteiger partial charge in [0.1, 0.15) is 12.1 Å². The van der Waals surface area contributed by atoms with Gasteiger partial charge in [-0.15, -0.1) is 0 Å². The van der Waals surface area contributed by atoms with Gasteiger partial charge in [-0.25, -0.2) is 9.59 Å². The molecule has 2 aliphatic rings. The number of benzene rings is 1. The highest BCUT2D eigenvalue weighted by molar-refractivity contribution is 6.06. The number of nitrogens with one attached hydrogen (secondary N) is 1. The van der Waals surface area contributed by atoms with Crippen LogP contribution in [0.2, 0.25) is 0 Å². The Morgan fingerprint density at radius 3 is 2.77 bits per heavy atom. The highest BCUT2D eigenvalue weighted by Gasteiger charge is 2.44. The number of aryl methyl sites for hydroxylation is 1. The van der Waals surface area contributed by atoms with E-state index < -0.39 is 30.1 Å². The molecule has 0 spiro atoms. The Balaban J connectivity index is 2.01. The van der Waals surface area contributed by atoms with Gasteiger partial charge in [0.15, 0.2) is 0 Å². The molecule has 3 rings (SSSR count). The quantitative estimate of drug-likeness (QED) is 0.838. The van der Waals surface area contributed by atoms with Crippen molar-refractivity contribution in [1.29, 1.82) is 0 Å². The summed E-state index contributed by atoms with van der Waals surface area (Å²) in [5.41, 5.74) is 2.48.